The molecule has 11 nitrogen and oxygen atoms in total. The van der Waals surface area contributed by atoms with Crippen molar-refractivity contribution in [1.82, 2.24) is 10.2 Å². The van der Waals surface area contributed by atoms with E-state index in [9.17, 15) is 28.1 Å². The van der Waals surface area contributed by atoms with E-state index in [2.05, 4.69) is 5.32 Å². The molecule has 1 atom stereocenters. The van der Waals surface area contributed by atoms with Crippen LogP contribution >= 0.6 is 23.2 Å². The molecule has 14 heteroatoms. The van der Waals surface area contributed by atoms with Crippen LogP contribution in [0.15, 0.2) is 65.6 Å². The third kappa shape index (κ3) is 7.30. The van der Waals surface area contributed by atoms with Crippen LogP contribution in [-0.4, -0.2) is 56.8 Å². The fraction of sp³-hybridized carbons (Fsp3) is 0.286. The molecule has 2 amide bonds. The van der Waals surface area contributed by atoms with Gasteiger partial charge in [-0.1, -0.05) is 42.3 Å². The zero-order valence-corrected chi connectivity index (χ0v) is 25.7. The number of nitro groups is 1. The van der Waals surface area contributed by atoms with Gasteiger partial charge in [-0.25, -0.2) is 8.42 Å². The highest BCUT2D eigenvalue weighted by atomic mass is 35.5. The Kier molecular flexibility index (Phi) is 10.8. The monoisotopic (exact) mass is 636 g/mol. The lowest BCUT2D eigenvalue weighted by Crippen LogP contribution is -2.51. The Hall–Kier alpha value is -3.87. The van der Waals surface area contributed by atoms with Crippen molar-refractivity contribution in [3.8, 4) is 5.75 Å². The number of likely N-dealkylation sites (N-methyl/N-ethyl adjacent to an activating group) is 1. The van der Waals surface area contributed by atoms with E-state index in [0.29, 0.717) is 16.3 Å². The molecule has 0 aliphatic rings. The minimum absolute atomic E-state index is 0.0752. The first kappa shape index (κ1) is 32.6. The van der Waals surface area contributed by atoms with E-state index in [1.165, 1.54) is 62.4 Å². The summed E-state index contributed by atoms with van der Waals surface area (Å²) in [5, 5.41) is 14.7. The van der Waals surface area contributed by atoms with Gasteiger partial charge in [-0.05, 0) is 61.4 Å². The number of nitro benzene ring substituents is 1. The normalized spacial score (nSPS) is 11.9. The fourth-order valence-corrected chi connectivity index (χ4v) is 6.03. The number of hydrogen-bond acceptors (Lipinski definition) is 7. The van der Waals surface area contributed by atoms with Crippen molar-refractivity contribution in [2.24, 2.45) is 0 Å². The predicted octanol–water partition coefficient (Wildman–Crippen LogP) is 4.97. The highest BCUT2D eigenvalue weighted by Crippen LogP contribution is 2.30. The number of amides is 2. The Labute approximate surface area is 254 Å². The smallest absolute Gasteiger partial charge is 0.273 e. The summed E-state index contributed by atoms with van der Waals surface area (Å²) in [6.07, 6.45) is 0.228. The largest absolute Gasteiger partial charge is 0.497 e. The van der Waals surface area contributed by atoms with Crippen LogP contribution in [0.4, 0.5) is 11.4 Å². The number of aryl methyl sites for hydroxylation is 1. The maximum absolute atomic E-state index is 14.0. The van der Waals surface area contributed by atoms with Gasteiger partial charge in [0.15, 0.2) is 0 Å². The van der Waals surface area contributed by atoms with Crippen molar-refractivity contribution >= 4 is 56.4 Å². The summed E-state index contributed by atoms with van der Waals surface area (Å²) in [6, 6.07) is 13.3. The molecule has 3 aromatic carbocycles. The SMILES string of the molecule is CC[C@@H](C(=O)NC)N(Cc1ccc(Cl)c(Cl)c1)C(=O)CN(c1ccc(OC)cc1)S(=O)(=O)c1ccc(C)c([N+](=O)[O-])c1. The number of hydrogen-bond donors (Lipinski definition) is 1. The lowest BCUT2D eigenvalue weighted by Gasteiger charge is -2.33. The van der Waals surface area contributed by atoms with E-state index in [-0.39, 0.29) is 39.8 Å². The van der Waals surface area contributed by atoms with E-state index in [0.717, 1.165) is 10.4 Å². The van der Waals surface area contributed by atoms with Crippen LogP contribution in [0.5, 0.6) is 5.75 Å². The van der Waals surface area contributed by atoms with Gasteiger partial charge in [-0.2, -0.15) is 0 Å². The zero-order valence-electron chi connectivity index (χ0n) is 23.3. The summed E-state index contributed by atoms with van der Waals surface area (Å²) in [4.78, 5) is 38.6. The summed E-state index contributed by atoms with van der Waals surface area (Å²) in [5.41, 5.74) is 0.558. The maximum Gasteiger partial charge on any atom is 0.273 e. The highest BCUT2D eigenvalue weighted by Gasteiger charge is 2.34. The van der Waals surface area contributed by atoms with Gasteiger partial charge in [0, 0.05) is 25.2 Å². The van der Waals surface area contributed by atoms with Gasteiger partial charge in [-0.15, -0.1) is 0 Å². The Morgan fingerprint density at radius 3 is 2.26 bits per heavy atom. The van der Waals surface area contributed by atoms with Crippen LogP contribution in [0.2, 0.25) is 10.0 Å². The van der Waals surface area contributed by atoms with E-state index in [1.54, 1.807) is 25.1 Å². The molecule has 0 saturated heterocycles. The van der Waals surface area contributed by atoms with Crippen LogP contribution in [0.1, 0.15) is 24.5 Å². The Morgan fingerprint density at radius 2 is 1.71 bits per heavy atom. The van der Waals surface area contributed by atoms with Gasteiger partial charge in [-0.3, -0.25) is 24.0 Å². The van der Waals surface area contributed by atoms with Crippen molar-refractivity contribution in [2.45, 2.75) is 37.8 Å². The van der Waals surface area contributed by atoms with Crippen molar-refractivity contribution < 1.29 is 27.7 Å². The number of carbonyl (C=O) groups is 2. The summed E-state index contributed by atoms with van der Waals surface area (Å²) in [7, 11) is -1.63. The topological polar surface area (TPSA) is 139 Å². The quantitative estimate of drug-likeness (QED) is 0.219. The van der Waals surface area contributed by atoms with E-state index in [1.807, 2.05) is 0 Å². The first-order chi connectivity index (χ1) is 19.8. The third-order valence-corrected chi connectivity index (χ3v) is 9.08. The van der Waals surface area contributed by atoms with Crippen molar-refractivity contribution in [1.29, 1.82) is 0 Å². The number of nitrogens with one attached hydrogen (secondary N) is 1. The molecule has 224 valence electrons. The maximum atomic E-state index is 14.0. The molecule has 0 unspecified atom stereocenters. The van der Waals surface area contributed by atoms with Gasteiger partial charge in [0.05, 0.1) is 32.7 Å². The molecule has 0 aromatic heterocycles. The van der Waals surface area contributed by atoms with Crippen LogP contribution < -0.4 is 14.4 Å². The number of sulfonamides is 1. The summed E-state index contributed by atoms with van der Waals surface area (Å²) < 4.78 is 34.0. The van der Waals surface area contributed by atoms with Gasteiger partial charge in [0.2, 0.25) is 11.8 Å². The Morgan fingerprint density at radius 1 is 1.05 bits per heavy atom. The average molecular weight is 638 g/mol. The van der Waals surface area contributed by atoms with E-state index in [4.69, 9.17) is 27.9 Å². The molecule has 3 aromatic rings. The second-order valence-corrected chi connectivity index (χ2v) is 11.9. The summed E-state index contributed by atoms with van der Waals surface area (Å²) >= 11 is 12.2. The van der Waals surface area contributed by atoms with Crippen LogP contribution in [0.3, 0.4) is 0 Å². The van der Waals surface area contributed by atoms with Crippen molar-refractivity contribution in [3.05, 3.63) is 92.0 Å². The molecule has 0 heterocycles. The lowest BCUT2D eigenvalue weighted by molar-refractivity contribution is -0.385. The second kappa shape index (κ2) is 13.9. The van der Waals surface area contributed by atoms with Gasteiger partial charge in [0.1, 0.15) is 18.3 Å². The molecule has 0 aliphatic heterocycles. The molecular weight excluding hydrogens is 607 g/mol. The zero-order chi connectivity index (χ0) is 31.2. The molecule has 42 heavy (non-hydrogen) atoms. The molecule has 0 aliphatic carbocycles. The van der Waals surface area contributed by atoms with E-state index >= 15 is 0 Å². The first-order valence-corrected chi connectivity index (χ1v) is 14.9. The second-order valence-electron chi connectivity index (χ2n) is 9.22. The van der Waals surface area contributed by atoms with Crippen LogP contribution in [0.25, 0.3) is 0 Å². The molecule has 0 radical (unpaired) electrons. The minimum Gasteiger partial charge on any atom is -0.497 e. The average Bonchev–Trinajstić information content (AvgIpc) is 2.97. The molecule has 0 fully saturated rings. The first-order valence-electron chi connectivity index (χ1n) is 12.7. The van der Waals surface area contributed by atoms with Gasteiger partial charge < -0.3 is 15.0 Å². The summed E-state index contributed by atoms with van der Waals surface area (Å²) in [5.74, 6) is -0.697. The lowest BCUT2D eigenvalue weighted by atomic mass is 10.1. The molecule has 0 saturated carbocycles. The molecular formula is C28H30Cl2N4O7S. The fourth-order valence-electron chi connectivity index (χ4n) is 4.27. The van der Waals surface area contributed by atoms with Crippen LogP contribution in [-0.2, 0) is 26.2 Å². The van der Waals surface area contributed by atoms with Crippen molar-refractivity contribution in [3.63, 3.8) is 0 Å². The number of carbonyl (C=O) groups excluding carboxylic acids is 2. The standard InChI is InChI=1S/C28H30Cl2N4O7S/c1-5-25(28(36)31-3)32(16-19-7-13-23(29)24(30)14-19)27(35)17-33(20-8-10-21(41-4)11-9-20)42(39,40)22-12-6-18(2)26(15-22)34(37)38/h6-15,25H,5,16-17H2,1-4H3,(H,31,36)/t25-/m0/s1. The number of anilines is 1. The molecule has 1 N–H and O–H groups in total. The number of rotatable bonds is 12. The predicted molar refractivity (Wildman–Crippen MR) is 161 cm³/mol. The highest BCUT2D eigenvalue weighted by molar-refractivity contribution is 7.92. The third-order valence-electron chi connectivity index (χ3n) is 6.57. The van der Waals surface area contributed by atoms with E-state index < -0.39 is 39.3 Å². The Balaban J connectivity index is 2.13. The Bertz CT molecular complexity index is 1580. The van der Waals surface area contributed by atoms with Crippen molar-refractivity contribution in [2.75, 3.05) is 25.0 Å². The molecule has 3 rings (SSSR count). The van der Waals surface area contributed by atoms with Gasteiger partial charge >= 0.3 is 0 Å². The van der Waals surface area contributed by atoms with Gasteiger partial charge in [0.25, 0.3) is 15.7 Å². The molecule has 0 bridgehead atoms. The minimum atomic E-state index is -4.52. The number of nitrogens with zero attached hydrogens (tertiary/aromatic N) is 3. The number of methoxy groups -OCH3 is 1. The number of benzene rings is 3. The number of ether oxygens (including phenoxy) is 1. The number of halogens is 2. The summed E-state index contributed by atoms with van der Waals surface area (Å²) in [6.45, 7) is 2.42. The molecule has 0 spiro atoms. The van der Waals surface area contributed by atoms with Crippen LogP contribution in [0, 0.1) is 17.0 Å².